The minimum Gasteiger partial charge on any atom is -0.487 e. The van der Waals surface area contributed by atoms with Crippen LogP contribution in [0.3, 0.4) is 0 Å². The Bertz CT molecular complexity index is 632. The number of hydrogen-bond donors (Lipinski definition) is 2. The van der Waals surface area contributed by atoms with Crippen molar-refractivity contribution in [1.82, 2.24) is 5.43 Å². The zero-order valence-electron chi connectivity index (χ0n) is 11.1. The molecule has 3 N–H and O–H groups in total. The molecule has 110 valence electrons. The van der Waals surface area contributed by atoms with Crippen LogP contribution in [0.4, 0.5) is 0 Å². The summed E-state index contributed by atoms with van der Waals surface area (Å²) >= 11 is 9.43. The molecular formula is C15H14BrClN2O2. The lowest BCUT2D eigenvalue weighted by atomic mass is 10.1. The van der Waals surface area contributed by atoms with Crippen LogP contribution in [-0.4, -0.2) is 5.91 Å². The number of benzene rings is 2. The molecule has 2 rings (SSSR count). The number of nitrogens with two attached hydrogens (primary N) is 1. The first-order chi connectivity index (χ1) is 10.1. The first-order valence-corrected chi connectivity index (χ1v) is 7.40. The number of rotatable bonds is 5. The fraction of sp³-hybridized carbons (Fsp3) is 0.133. The summed E-state index contributed by atoms with van der Waals surface area (Å²) in [6, 6.07) is 13.0. The van der Waals surface area contributed by atoms with Crippen molar-refractivity contribution in [2.24, 2.45) is 5.84 Å². The number of carbonyl (C=O) groups excluding carboxylic acids is 1. The molecule has 0 aliphatic carbocycles. The van der Waals surface area contributed by atoms with Crippen molar-refractivity contribution in [3.63, 3.8) is 0 Å². The SMILES string of the molecule is NNC(=O)Cc1ccc(COc2cc(Br)ccc2Cl)cc1. The van der Waals surface area contributed by atoms with Gasteiger partial charge in [0.05, 0.1) is 11.4 Å². The summed E-state index contributed by atoms with van der Waals surface area (Å²) in [5, 5.41) is 0.564. The lowest BCUT2D eigenvalue weighted by molar-refractivity contribution is -0.120. The maximum absolute atomic E-state index is 11.2. The van der Waals surface area contributed by atoms with E-state index in [1.165, 1.54) is 0 Å². The van der Waals surface area contributed by atoms with Gasteiger partial charge in [-0.05, 0) is 29.3 Å². The standard InChI is InChI=1S/C15H14BrClN2O2/c16-12-5-6-13(17)14(8-12)21-9-11-3-1-10(2-4-11)7-15(20)19-18/h1-6,8H,7,9,18H2,(H,19,20). The molecule has 0 unspecified atom stereocenters. The van der Waals surface area contributed by atoms with E-state index in [1.54, 1.807) is 6.07 Å². The summed E-state index contributed by atoms with van der Waals surface area (Å²) in [5.74, 6) is 5.45. The zero-order chi connectivity index (χ0) is 15.2. The Labute approximate surface area is 136 Å². The molecule has 0 fully saturated rings. The van der Waals surface area contributed by atoms with E-state index in [4.69, 9.17) is 22.2 Å². The number of ether oxygens (including phenoxy) is 1. The summed E-state index contributed by atoms with van der Waals surface area (Å²) in [7, 11) is 0. The minimum atomic E-state index is -0.222. The maximum Gasteiger partial charge on any atom is 0.238 e. The maximum atomic E-state index is 11.2. The number of halogens is 2. The summed E-state index contributed by atoms with van der Waals surface area (Å²) < 4.78 is 6.59. The van der Waals surface area contributed by atoms with Gasteiger partial charge >= 0.3 is 0 Å². The first-order valence-electron chi connectivity index (χ1n) is 6.23. The second-order valence-electron chi connectivity index (χ2n) is 4.42. The fourth-order valence-electron chi connectivity index (χ4n) is 1.74. The Morgan fingerprint density at radius 1 is 1.19 bits per heavy atom. The molecule has 2 aromatic rings. The van der Waals surface area contributed by atoms with E-state index in [9.17, 15) is 4.79 Å². The van der Waals surface area contributed by atoms with Crippen molar-refractivity contribution in [1.29, 1.82) is 0 Å². The Hall–Kier alpha value is -1.56. The van der Waals surface area contributed by atoms with Gasteiger partial charge in [0.2, 0.25) is 5.91 Å². The molecule has 6 heteroatoms. The van der Waals surface area contributed by atoms with Crippen LogP contribution < -0.4 is 16.0 Å². The van der Waals surface area contributed by atoms with E-state index in [-0.39, 0.29) is 12.3 Å². The van der Waals surface area contributed by atoms with Crippen molar-refractivity contribution >= 4 is 33.4 Å². The average molecular weight is 370 g/mol. The highest BCUT2D eigenvalue weighted by atomic mass is 79.9. The van der Waals surface area contributed by atoms with Crippen LogP contribution in [0.15, 0.2) is 46.9 Å². The van der Waals surface area contributed by atoms with Crippen LogP contribution in [-0.2, 0) is 17.8 Å². The van der Waals surface area contributed by atoms with Gasteiger partial charge in [-0.25, -0.2) is 5.84 Å². The highest BCUT2D eigenvalue weighted by Crippen LogP contribution is 2.28. The Balaban J connectivity index is 1.97. The van der Waals surface area contributed by atoms with Crippen molar-refractivity contribution < 1.29 is 9.53 Å². The van der Waals surface area contributed by atoms with Gasteiger partial charge in [0, 0.05) is 4.47 Å². The molecule has 0 spiro atoms. The van der Waals surface area contributed by atoms with Crippen LogP contribution in [0.5, 0.6) is 5.75 Å². The van der Waals surface area contributed by atoms with Crippen molar-refractivity contribution in [3.8, 4) is 5.75 Å². The molecule has 1 amide bonds. The minimum absolute atomic E-state index is 0.222. The summed E-state index contributed by atoms with van der Waals surface area (Å²) in [6.45, 7) is 0.402. The third-order valence-electron chi connectivity index (χ3n) is 2.84. The van der Waals surface area contributed by atoms with E-state index in [2.05, 4.69) is 21.4 Å². The molecular weight excluding hydrogens is 356 g/mol. The monoisotopic (exact) mass is 368 g/mol. The first kappa shape index (κ1) is 15.8. The molecule has 21 heavy (non-hydrogen) atoms. The van der Waals surface area contributed by atoms with Crippen molar-refractivity contribution in [3.05, 3.63) is 63.1 Å². The van der Waals surface area contributed by atoms with Crippen molar-refractivity contribution in [2.45, 2.75) is 13.0 Å². The van der Waals surface area contributed by atoms with Gasteiger partial charge in [-0.3, -0.25) is 10.2 Å². The number of nitrogens with one attached hydrogen (secondary N) is 1. The fourth-order valence-corrected chi connectivity index (χ4v) is 2.25. The molecule has 0 atom stereocenters. The van der Waals surface area contributed by atoms with E-state index in [1.807, 2.05) is 36.4 Å². The van der Waals surface area contributed by atoms with Gasteiger partial charge in [0.1, 0.15) is 12.4 Å². The predicted molar refractivity (Wildman–Crippen MR) is 86.0 cm³/mol. The van der Waals surface area contributed by atoms with Gasteiger partial charge in [0.25, 0.3) is 0 Å². The quantitative estimate of drug-likeness (QED) is 0.483. The van der Waals surface area contributed by atoms with E-state index >= 15 is 0 Å². The molecule has 4 nitrogen and oxygen atoms in total. The Morgan fingerprint density at radius 3 is 2.52 bits per heavy atom. The molecule has 0 saturated carbocycles. The van der Waals surface area contributed by atoms with E-state index < -0.39 is 0 Å². The normalized spacial score (nSPS) is 10.2. The van der Waals surface area contributed by atoms with Crippen LogP contribution >= 0.6 is 27.5 Å². The predicted octanol–water partition coefficient (Wildman–Crippen LogP) is 3.21. The third kappa shape index (κ3) is 4.74. The van der Waals surface area contributed by atoms with Crippen molar-refractivity contribution in [2.75, 3.05) is 0 Å². The molecule has 2 aromatic carbocycles. The zero-order valence-corrected chi connectivity index (χ0v) is 13.4. The smallest absolute Gasteiger partial charge is 0.238 e. The van der Waals surface area contributed by atoms with Crippen LogP contribution in [0.2, 0.25) is 5.02 Å². The second-order valence-corrected chi connectivity index (χ2v) is 5.75. The van der Waals surface area contributed by atoms with Crippen LogP contribution in [0, 0.1) is 0 Å². The molecule has 0 aliphatic rings. The third-order valence-corrected chi connectivity index (χ3v) is 3.64. The lowest BCUT2D eigenvalue weighted by Gasteiger charge is -2.09. The Morgan fingerprint density at radius 2 is 1.86 bits per heavy atom. The van der Waals surface area contributed by atoms with Gasteiger partial charge in [0.15, 0.2) is 0 Å². The molecule has 0 aliphatic heterocycles. The number of carbonyl (C=O) groups is 1. The largest absolute Gasteiger partial charge is 0.487 e. The van der Waals surface area contributed by atoms with Crippen LogP contribution in [0.1, 0.15) is 11.1 Å². The molecule has 0 saturated heterocycles. The molecule has 0 heterocycles. The van der Waals surface area contributed by atoms with Gasteiger partial charge in [-0.1, -0.05) is 51.8 Å². The molecule has 0 bridgehead atoms. The number of hydrazine groups is 1. The molecule has 0 aromatic heterocycles. The summed E-state index contributed by atoms with van der Waals surface area (Å²) in [6.07, 6.45) is 0.259. The highest BCUT2D eigenvalue weighted by Gasteiger charge is 2.04. The van der Waals surface area contributed by atoms with Gasteiger partial charge < -0.3 is 4.74 Å². The van der Waals surface area contributed by atoms with Gasteiger partial charge in [-0.15, -0.1) is 0 Å². The van der Waals surface area contributed by atoms with E-state index in [0.29, 0.717) is 17.4 Å². The summed E-state index contributed by atoms with van der Waals surface area (Å²) in [4.78, 5) is 11.2. The van der Waals surface area contributed by atoms with E-state index in [0.717, 1.165) is 15.6 Å². The average Bonchev–Trinajstić information content (AvgIpc) is 2.49. The summed E-state index contributed by atoms with van der Waals surface area (Å²) in [5.41, 5.74) is 3.98. The Kier molecular flexibility index (Phi) is 5.61. The molecule has 0 radical (unpaired) electrons. The van der Waals surface area contributed by atoms with Gasteiger partial charge in [-0.2, -0.15) is 0 Å². The topological polar surface area (TPSA) is 64.3 Å². The second kappa shape index (κ2) is 7.45. The lowest BCUT2D eigenvalue weighted by Crippen LogP contribution is -2.31. The number of amides is 1. The van der Waals surface area contributed by atoms with Crippen LogP contribution in [0.25, 0.3) is 0 Å². The number of hydrogen-bond acceptors (Lipinski definition) is 3. The highest BCUT2D eigenvalue weighted by molar-refractivity contribution is 9.10.